The Morgan fingerprint density at radius 1 is 1.21 bits per heavy atom. The van der Waals surface area contributed by atoms with Gasteiger partial charge >= 0.3 is 5.97 Å². The van der Waals surface area contributed by atoms with Gasteiger partial charge in [-0.1, -0.05) is 26.7 Å². The highest BCUT2D eigenvalue weighted by Gasteiger charge is 2.36. The molecule has 84 valence electrons. The van der Waals surface area contributed by atoms with Gasteiger partial charge in [-0.15, -0.1) is 0 Å². The minimum absolute atomic E-state index is 0.119. The van der Waals surface area contributed by atoms with E-state index in [0.29, 0.717) is 13.2 Å². The van der Waals surface area contributed by atoms with Gasteiger partial charge in [0, 0.05) is 6.54 Å². The van der Waals surface area contributed by atoms with E-state index >= 15 is 0 Å². The number of carbonyl (C=O) groups is 1. The zero-order chi connectivity index (χ0) is 11.0. The highest BCUT2D eigenvalue weighted by Crippen LogP contribution is 2.30. The topological polar surface area (TPSA) is 52.3 Å². The maximum Gasteiger partial charge on any atom is 0.313 e. The van der Waals surface area contributed by atoms with E-state index in [0.717, 1.165) is 25.7 Å². The monoisotopic (exact) mass is 201 g/mol. The molecule has 0 aliphatic rings. The zero-order valence-electron chi connectivity index (χ0n) is 9.64. The molecule has 0 saturated carbocycles. The van der Waals surface area contributed by atoms with Crippen molar-refractivity contribution in [2.24, 2.45) is 11.1 Å². The molecule has 0 aromatic rings. The maximum atomic E-state index is 11.8. The van der Waals surface area contributed by atoms with Crippen molar-refractivity contribution in [3.8, 4) is 0 Å². The number of carbonyl (C=O) groups excluding carboxylic acids is 1. The van der Waals surface area contributed by atoms with Crippen LogP contribution in [0.5, 0.6) is 0 Å². The van der Waals surface area contributed by atoms with Gasteiger partial charge in [-0.25, -0.2) is 0 Å². The first kappa shape index (κ1) is 13.4. The molecule has 14 heavy (non-hydrogen) atoms. The minimum atomic E-state index is -0.431. The Kier molecular flexibility index (Phi) is 6.54. The summed E-state index contributed by atoms with van der Waals surface area (Å²) in [5.74, 6) is -0.119. The van der Waals surface area contributed by atoms with Gasteiger partial charge in [0.25, 0.3) is 0 Å². The molecule has 2 N–H and O–H groups in total. The summed E-state index contributed by atoms with van der Waals surface area (Å²) in [6.07, 6.45) is 3.60. The summed E-state index contributed by atoms with van der Waals surface area (Å²) >= 11 is 0. The van der Waals surface area contributed by atoms with Crippen molar-refractivity contribution in [3.05, 3.63) is 0 Å². The third-order valence-corrected chi connectivity index (χ3v) is 2.56. The van der Waals surface area contributed by atoms with E-state index in [2.05, 4.69) is 13.8 Å². The molecule has 0 fully saturated rings. The lowest BCUT2D eigenvalue weighted by Crippen LogP contribution is -2.40. The van der Waals surface area contributed by atoms with E-state index in [9.17, 15) is 4.79 Å². The average molecular weight is 201 g/mol. The van der Waals surface area contributed by atoms with E-state index in [1.165, 1.54) is 0 Å². The Morgan fingerprint density at radius 2 is 1.71 bits per heavy atom. The van der Waals surface area contributed by atoms with Crippen LogP contribution in [0.1, 0.15) is 46.5 Å². The Balaban J connectivity index is 4.54. The Labute approximate surface area is 87.0 Å². The number of ether oxygens (including phenoxy) is 1. The van der Waals surface area contributed by atoms with Crippen LogP contribution in [0.4, 0.5) is 0 Å². The normalized spacial score (nSPS) is 11.4. The minimum Gasteiger partial charge on any atom is -0.466 e. The quantitative estimate of drug-likeness (QED) is 0.642. The van der Waals surface area contributed by atoms with Crippen molar-refractivity contribution in [2.45, 2.75) is 46.5 Å². The number of hydrogen-bond donors (Lipinski definition) is 1. The van der Waals surface area contributed by atoms with E-state index in [1.54, 1.807) is 0 Å². The molecular weight excluding hydrogens is 178 g/mol. The molecule has 0 aliphatic carbocycles. The fourth-order valence-electron chi connectivity index (χ4n) is 1.86. The first-order valence-electron chi connectivity index (χ1n) is 5.54. The summed E-state index contributed by atoms with van der Waals surface area (Å²) in [4.78, 5) is 11.8. The van der Waals surface area contributed by atoms with Gasteiger partial charge < -0.3 is 10.5 Å². The van der Waals surface area contributed by atoms with Gasteiger partial charge in [0.1, 0.15) is 0 Å². The largest absolute Gasteiger partial charge is 0.466 e. The van der Waals surface area contributed by atoms with Crippen molar-refractivity contribution >= 4 is 5.97 Å². The van der Waals surface area contributed by atoms with Crippen LogP contribution in [0.15, 0.2) is 0 Å². The molecule has 0 aromatic carbocycles. The molecule has 0 rings (SSSR count). The van der Waals surface area contributed by atoms with Crippen LogP contribution < -0.4 is 5.73 Å². The molecule has 0 amide bonds. The van der Waals surface area contributed by atoms with Crippen LogP contribution in [-0.4, -0.2) is 19.1 Å². The summed E-state index contributed by atoms with van der Waals surface area (Å²) in [7, 11) is 0. The Bertz CT molecular complexity index is 163. The van der Waals surface area contributed by atoms with Crippen LogP contribution in [0.3, 0.4) is 0 Å². The number of esters is 1. The fraction of sp³-hybridized carbons (Fsp3) is 0.909. The van der Waals surface area contributed by atoms with Crippen LogP contribution in [0, 0.1) is 5.41 Å². The number of hydrogen-bond acceptors (Lipinski definition) is 3. The molecule has 0 spiro atoms. The molecule has 0 aromatic heterocycles. The van der Waals surface area contributed by atoms with E-state index in [1.807, 2.05) is 6.92 Å². The third kappa shape index (κ3) is 3.29. The molecule has 0 atom stereocenters. The highest BCUT2D eigenvalue weighted by atomic mass is 16.5. The lowest BCUT2D eigenvalue weighted by Gasteiger charge is -2.29. The van der Waals surface area contributed by atoms with Crippen LogP contribution in [0.2, 0.25) is 0 Å². The van der Waals surface area contributed by atoms with Gasteiger partial charge in [-0.05, 0) is 19.8 Å². The van der Waals surface area contributed by atoms with Crippen LogP contribution in [-0.2, 0) is 9.53 Å². The van der Waals surface area contributed by atoms with Crippen molar-refractivity contribution < 1.29 is 9.53 Å². The van der Waals surface area contributed by atoms with Gasteiger partial charge in [-0.2, -0.15) is 0 Å². The van der Waals surface area contributed by atoms with Crippen LogP contribution >= 0.6 is 0 Å². The molecule has 0 unspecified atom stereocenters. The van der Waals surface area contributed by atoms with Crippen molar-refractivity contribution in [1.82, 2.24) is 0 Å². The first-order chi connectivity index (χ1) is 6.66. The molecule has 3 nitrogen and oxygen atoms in total. The first-order valence-corrected chi connectivity index (χ1v) is 5.54. The van der Waals surface area contributed by atoms with Crippen molar-refractivity contribution in [1.29, 1.82) is 0 Å². The van der Waals surface area contributed by atoms with E-state index < -0.39 is 5.41 Å². The second-order valence-corrected chi connectivity index (χ2v) is 3.70. The molecular formula is C11H23NO2. The van der Waals surface area contributed by atoms with Gasteiger partial charge in [0.2, 0.25) is 0 Å². The molecule has 0 aliphatic heterocycles. The zero-order valence-corrected chi connectivity index (χ0v) is 9.64. The standard InChI is InChI=1S/C11H23NO2/c1-4-7-11(9-12,8-5-2)10(13)14-6-3/h4-9,12H2,1-3H3. The Morgan fingerprint density at radius 3 is 2.00 bits per heavy atom. The van der Waals surface area contributed by atoms with Crippen molar-refractivity contribution in [2.75, 3.05) is 13.2 Å². The van der Waals surface area contributed by atoms with Crippen molar-refractivity contribution in [3.63, 3.8) is 0 Å². The predicted octanol–water partition coefficient (Wildman–Crippen LogP) is 2.09. The predicted molar refractivity (Wildman–Crippen MR) is 57.9 cm³/mol. The lowest BCUT2D eigenvalue weighted by atomic mass is 9.79. The smallest absolute Gasteiger partial charge is 0.313 e. The molecule has 0 radical (unpaired) electrons. The highest BCUT2D eigenvalue weighted by molar-refractivity contribution is 5.77. The average Bonchev–Trinajstić information content (AvgIpc) is 2.17. The third-order valence-electron chi connectivity index (χ3n) is 2.56. The summed E-state index contributed by atoms with van der Waals surface area (Å²) in [6, 6.07) is 0. The van der Waals surface area contributed by atoms with Gasteiger partial charge in [0.05, 0.1) is 12.0 Å². The number of rotatable bonds is 7. The summed E-state index contributed by atoms with van der Waals surface area (Å²) in [5, 5.41) is 0. The second kappa shape index (κ2) is 6.82. The van der Waals surface area contributed by atoms with Crippen LogP contribution in [0.25, 0.3) is 0 Å². The molecule has 3 heteroatoms. The Hall–Kier alpha value is -0.570. The fourth-order valence-corrected chi connectivity index (χ4v) is 1.86. The van der Waals surface area contributed by atoms with E-state index in [-0.39, 0.29) is 5.97 Å². The van der Waals surface area contributed by atoms with Gasteiger partial charge in [0.15, 0.2) is 0 Å². The number of nitrogens with two attached hydrogens (primary N) is 1. The SMILES string of the molecule is CCCC(CN)(CCC)C(=O)OCC. The molecule has 0 heterocycles. The summed E-state index contributed by atoms with van der Waals surface area (Å²) < 4.78 is 5.08. The van der Waals surface area contributed by atoms with Gasteiger partial charge in [-0.3, -0.25) is 4.79 Å². The van der Waals surface area contributed by atoms with E-state index in [4.69, 9.17) is 10.5 Å². The molecule has 0 saturated heterocycles. The lowest BCUT2D eigenvalue weighted by molar-refractivity contribution is -0.156. The summed E-state index contributed by atoms with van der Waals surface area (Å²) in [5.41, 5.74) is 5.28. The molecule has 0 bridgehead atoms. The summed E-state index contributed by atoms with van der Waals surface area (Å²) in [6.45, 7) is 6.80. The maximum absolute atomic E-state index is 11.8. The second-order valence-electron chi connectivity index (χ2n) is 3.70.